The minimum Gasteiger partial charge on any atom is -0.525 e. The second-order valence-corrected chi connectivity index (χ2v) is 4.55. The van der Waals surface area contributed by atoms with Crippen molar-refractivity contribution < 1.29 is 28.1 Å². The van der Waals surface area contributed by atoms with Crippen LogP contribution in [-0.4, -0.2) is 27.5 Å². The average molecular weight is 302 g/mol. The van der Waals surface area contributed by atoms with Crippen molar-refractivity contribution in [2.75, 3.05) is 13.2 Å². The predicted octanol–water partition coefficient (Wildman–Crippen LogP) is 0.910. The number of rotatable bonds is 6. The Morgan fingerprint density at radius 2 is 1.09 bits per heavy atom. The maximum Gasteiger partial charge on any atom is 0.635 e. The smallest absolute Gasteiger partial charge is 0.525 e. The molecule has 3 rings (SSSR count). The summed E-state index contributed by atoms with van der Waals surface area (Å²) in [7, 11) is -1.09. The SMILES string of the molecule is CCOc1cc(B2OC=CO2)c(OCC)cc1B1OC=CO1. The van der Waals surface area contributed by atoms with Crippen LogP contribution in [0.3, 0.4) is 0 Å². The summed E-state index contributed by atoms with van der Waals surface area (Å²) in [6.07, 6.45) is 6.01. The summed E-state index contributed by atoms with van der Waals surface area (Å²) in [5.41, 5.74) is 1.51. The van der Waals surface area contributed by atoms with Gasteiger partial charge >= 0.3 is 14.2 Å². The summed E-state index contributed by atoms with van der Waals surface area (Å²) >= 11 is 0. The molecule has 0 N–H and O–H groups in total. The topological polar surface area (TPSA) is 55.4 Å². The lowest BCUT2D eigenvalue weighted by Gasteiger charge is -2.17. The predicted molar refractivity (Wildman–Crippen MR) is 82.2 cm³/mol. The van der Waals surface area contributed by atoms with E-state index in [0.717, 1.165) is 10.9 Å². The highest BCUT2D eigenvalue weighted by molar-refractivity contribution is 6.66. The molecule has 0 radical (unpaired) electrons. The molecule has 0 spiro atoms. The van der Waals surface area contributed by atoms with Crippen LogP contribution in [0.4, 0.5) is 0 Å². The van der Waals surface area contributed by atoms with E-state index in [9.17, 15) is 0 Å². The Morgan fingerprint density at radius 3 is 1.41 bits per heavy atom. The number of hydrogen-bond donors (Lipinski definition) is 0. The first-order chi connectivity index (χ1) is 10.8. The molecule has 0 atom stereocenters. The molecule has 0 fully saturated rings. The van der Waals surface area contributed by atoms with Crippen molar-refractivity contribution in [2.24, 2.45) is 0 Å². The van der Waals surface area contributed by atoms with Crippen LogP contribution < -0.4 is 20.4 Å². The average Bonchev–Trinajstić information content (AvgIpc) is 3.22. The molecule has 114 valence electrons. The minimum atomic E-state index is -0.543. The lowest BCUT2D eigenvalue weighted by atomic mass is 9.72. The first kappa shape index (κ1) is 14.6. The van der Waals surface area contributed by atoms with Crippen LogP contribution >= 0.6 is 0 Å². The van der Waals surface area contributed by atoms with Crippen molar-refractivity contribution in [3.63, 3.8) is 0 Å². The van der Waals surface area contributed by atoms with E-state index >= 15 is 0 Å². The quantitative estimate of drug-likeness (QED) is 0.728. The van der Waals surface area contributed by atoms with Gasteiger partial charge in [0.05, 0.1) is 49.2 Å². The highest BCUT2D eigenvalue weighted by Gasteiger charge is 2.37. The molecule has 0 unspecified atom stereocenters. The van der Waals surface area contributed by atoms with Crippen molar-refractivity contribution in [3.05, 3.63) is 37.2 Å². The van der Waals surface area contributed by atoms with E-state index in [1.807, 2.05) is 26.0 Å². The van der Waals surface area contributed by atoms with Gasteiger partial charge in [-0.2, -0.15) is 0 Å². The molecule has 0 aliphatic carbocycles. The molecule has 6 nitrogen and oxygen atoms in total. The number of ether oxygens (including phenoxy) is 2. The molecule has 0 amide bonds. The van der Waals surface area contributed by atoms with E-state index in [1.54, 1.807) is 0 Å². The Hall–Kier alpha value is -2.37. The van der Waals surface area contributed by atoms with Crippen LogP contribution in [0, 0.1) is 0 Å². The van der Waals surface area contributed by atoms with Gasteiger partial charge in [-0.05, 0) is 26.0 Å². The Bertz CT molecular complexity index is 521. The zero-order valence-corrected chi connectivity index (χ0v) is 12.5. The molecule has 2 aliphatic heterocycles. The Balaban J connectivity index is 1.99. The highest BCUT2D eigenvalue weighted by Crippen LogP contribution is 2.20. The summed E-state index contributed by atoms with van der Waals surface area (Å²) in [5.74, 6) is 1.29. The van der Waals surface area contributed by atoms with Crippen LogP contribution in [-0.2, 0) is 18.6 Å². The molecule has 2 aliphatic rings. The fourth-order valence-electron chi connectivity index (χ4n) is 2.29. The van der Waals surface area contributed by atoms with E-state index in [0.29, 0.717) is 24.7 Å². The number of hydrogen-bond acceptors (Lipinski definition) is 6. The third kappa shape index (κ3) is 2.81. The zero-order chi connectivity index (χ0) is 15.4. The molecular weight excluding hydrogens is 286 g/mol. The second-order valence-electron chi connectivity index (χ2n) is 4.55. The van der Waals surface area contributed by atoms with Gasteiger partial charge in [-0.3, -0.25) is 0 Å². The second kappa shape index (κ2) is 6.60. The Labute approximate surface area is 129 Å². The first-order valence-electron chi connectivity index (χ1n) is 7.18. The summed E-state index contributed by atoms with van der Waals surface area (Å²) in [6, 6.07) is 3.68. The van der Waals surface area contributed by atoms with E-state index in [1.165, 1.54) is 25.0 Å². The number of benzene rings is 1. The van der Waals surface area contributed by atoms with Crippen molar-refractivity contribution in [1.29, 1.82) is 0 Å². The molecule has 0 saturated carbocycles. The lowest BCUT2D eigenvalue weighted by molar-refractivity contribution is 0.330. The summed E-state index contributed by atoms with van der Waals surface area (Å²) < 4.78 is 33.1. The third-order valence-corrected chi connectivity index (χ3v) is 3.17. The highest BCUT2D eigenvalue weighted by atomic mass is 16.6. The standard InChI is InChI=1S/C14H16B2O6/c1-3-17-13-9-12(16-21-7-8-22-16)14(18-4-2)10-11(13)15-19-5-6-20-15/h5-10H,3-4H2,1-2H3. The molecule has 22 heavy (non-hydrogen) atoms. The van der Waals surface area contributed by atoms with Crippen LogP contribution in [0.25, 0.3) is 0 Å². The largest absolute Gasteiger partial charge is 0.635 e. The molecule has 2 heterocycles. The van der Waals surface area contributed by atoms with Gasteiger partial charge in [0.1, 0.15) is 11.5 Å². The van der Waals surface area contributed by atoms with Crippen LogP contribution in [0.5, 0.6) is 11.5 Å². The molecule has 0 bridgehead atoms. The fraction of sp³-hybridized carbons (Fsp3) is 0.286. The van der Waals surface area contributed by atoms with E-state index in [2.05, 4.69) is 0 Å². The van der Waals surface area contributed by atoms with Gasteiger partial charge in [-0.1, -0.05) is 0 Å². The normalized spacial score (nSPS) is 15.2. The van der Waals surface area contributed by atoms with E-state index in [-0.39, 0.29) is 0 Å². The van der Waals surface area contributed by atoms with Gasteiger partial charge in [0.2, 0.25) is 0 Å². The first-order valence-corrected chi connectivity index (χ1v) is 7.18. The van der Waals surface area contributed by atoms with Crippen molar-refractivity contribution >= 4 is 25.2 Å². The zero-order valence-electron chi connectivity index (χ0n) is 12.5. The maximum atomic E-state index is 5.71. The van der Waals surface area contributed by atoms with Crippen molar-refractivity contribution in [3.8, 4) is 11.5 Å². The monoisotopic (exact) mass is 302 g/mol. The van der Waals surface area contributed by atoms with Crippen molar-refractivity contribution in [2.45, 2.75) is 13.8 Å². The molecule has 1 aromatic rings. The molecular formula is C14H16B2O6. The van der Waals surface area contributed by atoms with Gasteiger partial charge in [0, 0.05) is 0 Å². The lowest BCUT2D eigenvalue weighted by Crippen LogP contribution is -2.39. The summed E-state index contributed by atoms with van der Waals surface area (Å²) in [6.45, 7) is 4.87. The van der Waals surface area contributed by atoms with Crippen molar-refractivity contribution in [1.82, 2.24) is 0 Å². The van der Waals surface area contributed by atoms with Crippen LogP contribution in [0.1, 0.15) is 13.8 Å². The van der Waals surface area contributed by atoms with Crippen LogP contribution in [0.2, 0.25) is 0 Å². The van der Waals surface area contributed by atoms with Gasteiger partial charge in [0.15, 0.2) is 0 Å². The molecule has 0 saturated heterocycles. The van der Waals surface area contributed by atoms with Gasteiger partial charge in [-0.15, -0.1) is 0 Å². The molecule has 1 aromatic carbocycles. The summed E-state index contributed by atoms with van der Waals surface area (Å²) in [4.78, 5) is 0. The van der Waals surface area contributed by atoms with Gasteiger partial charge in [0.25, 0.3) is 0 Å². The minimum absolute atomic E-state index is 0.519. The third-order valence-electron chi connectivity index (χ3n) is 3.17. The van der Waals surface area contributed by atoms with Crippen LogP contribution in [0.15, 0.2) is 37.2 Å². The van der Waals surface area contributed by atoms with Gasteiger partial charge < -0.3 is 28.1 Å². The molecule has 8 heteroatoms. The Morgan fingerprint density at radius 1 is 0.727 bits per heavy atom. The molecule has 0 aromatic heterocycles. The summed E-state index contributed by atoms with van der Waals surface area (Å²) in [5, 5.41) is 0. The fourth-order valence-corrected chi connectivity index (χ4v) is 2.29. The maximum absolute atomic E-state index is 5.71. The van der Waals surface area contributed by atoms with E-state index in [4.69, 9.17) is 28.1 Å². The Kier molecular flexibility index (Phi) is 4.37. The van der Waals surface area contributed by atoms with E-state index < -0.39 is 14.2 Å². The van der Waals surface area contributed by atoms with Gasteiger partial charge in [-0.25, -0.2) is 0 Å².